The molecule has 29 heavy (non-hydrogen) atoms. The van der Waals surface area contributed by atoms with Crippen molar-refractivity contribution in [3.63, 3.8) is 0 Å². The van der Waals surface area contributed by atoms with E-state index in [1.165, 1.54) is 18.4 Å². The van der Waals surface area contributed by atoms with Gasteiger partial charge < -0.3 is 15.1 Å². The number of nitrogens with zero attached hydrogens (tertiary/aromatic N) is 1. The smallest absolute Gasteiger partial charge is 0.222 e. The van der Waals surface area contributed by atoms with Gasteiger partial charge in [-0.2, -0.15) is 0 Å². The number of rotatable bonds is 11. The van der Waals surface area contributed by atoms with E-state index in [-0.39, 0.29) is 17.9 Å². The Hall–Kier alpha value is -1.39. The van der Waals surface area contributed by atoms with Gasteiger partial charge in [0, 0.05) is 26.4 Å². The molecular formula is C25H41NO3. The first-order chi connectivity index (χ1) is 13.8. The summed E-state index contributed by atoms with van der Waals surface area (Å²) in [5.41, 5.74) is 1.32. The molecule has 164 valence electrons. The van der Waals surface area contributed by atoms with E-state index in [1.807, 2.05) is 6.08 Å². The van der Waals surface area contributed by atoms with Crippen molar-refractivity contribution in [2.45, 2.75) is 77.4 Å². The minimum Gasteiger partial charge on any atom is -0.392 e. The van der Waals surface area contributed by atoms with Gasteiger partial charge in [0.1, 0.15) is 0 Å². The van der Waals surface area contributed by atoms with Crippen molar-refractivity contribution in [2.75, 3.05) is 14.1 Å². The van der Waals surface area contributed by atoms with Gasteiger partial charge in [0.25, 0.3) is 0 Å². The van der Waals surface area contributed by atoms with Gasteiger partial charge >= 0.3 is 0 Å². The molecule has 2 rings (SSSR count). The lowest BCUT2D eigenvalue weighted by molar-refractivity contribution is -0.128. The van der Waals surface area contributed by atoms with Crippen molar-refractivity contribution >= 4 is 5.91 Å². The van der Waals surface area contributed by atoms with Crippen LogP contribution in [0.3, 0.4) is 0 Å². The maximum Gasteiger partial charge on any atom is 0.222 e. The maximum absolute atomic E-state index is 11.6. The molecule has 0 heterocycles. The fourth-order valence-electron chi connectivity index (χ4n) is 4.75. The zero-order chi connectivity index (χ0) is 21.4. The number of hydrogen-bond acceptors (Lipinski definition) is 3. The van der Waals surface area contributed by atoms with Crippen LogP contribution in [0.15, 0.2) is 36.0 Å². The molecule has 2 N–H and O–H groups in total. The number of carbonyl (C=O) groups excluding carboxylic acids is 1. The van der Waals surface area contributed by atoms with Crippen LogP contribution in [0.25, 0.3) is 0 Å². The van der Waals surface area contributed by atoms with Gasteiger partial charge in [0.05, 0.1) is 12.2 Å². The van der Waals surface area contributed by atoms with Crippen LogP contribution in [0.1, 0.15) is 65.2 Å². The Labute approximate surface area is 177 Å². The van der Waals surface area contributed by atoms with Crippen LogP contribution < -0.4 is 0 Å². The van der Waals surface area contributed by atoms with Crippen molar-refractivity contribution < 1.29 is 15.0 Å². The predicted octanol–water partition coefficient (Wildman–Crippen LogP) is 4.49. The van der Waals surface area contributed by atoms with Gasteiger partial charge in [0.15, 0.2) is 0 Å². The molecule has 0 bridgehead atoms. The van der Waals surface area contributed by atoms with Crippen LogP contribution in [0, 0.1) is 23.7 Å². The summed E-state index contributed by atoms with van der Waals surface area (Å²) in [6.45, 7) is 4.40. The number of carbonyl (C=O) groups is 1. The molecule has 1 saturated carbocycles. The molecule has 2 aliphatic carbocycles. The molecule has 1 fully saturated rings. The third kappa shape index (κ3) is 7.42. The third-order valence-corrected chi connectivity index (χ3v) is 6.51. The van der Waals surface area contributed by atoms with Crippen molar-refractivity contribution in [3.05, 3.63) is 36.0 Å². The van der Waals surface area contributed by atoms with Crippen molar-refractivity contribution in [3.8, 4) is 0 Å². The second-order valence-corrected chi connectivity index (χ2v) is 9.32. The molecule has 1 amide bonds. The Balaban J connectivity index is 1.82. The molecule has 0 radical (unpaired) electrons. The van der Waals surface area contributed by atoms with E-state index in [0.717, 1.165) is 32.1 Å². The fourth-order valence-corrected chi connectivity index (χ4v) is 4.75. The quantitative estimate of drug-likeness (QED) is 0.500. The number of hydrogen-bond donors (Lipinski definition) is 2. The van der Waals surface area contributed by atoms with E-state index in [0.29, 0.717) is 24.2 Å². The second-order valence-electron chi connectivity index (χ2n) is 9.32. The Morgan fingerprint density at radius 1 is 1.38 bits per heavy atom. The minimum atomic E-state index is -0.420. The molecule has 0 saturated heterocycles. The minimum absolute atomic E-state index is 0.123. The first-order valence-electron chi connectivity index (χ1n) is 11.4. The van der Waals surface area contributed by atoms with E-state index in [1.54, 1.807) is 19.0 Å². The molecule has 2 aliphatic rings. The van der Waals surface area contributed by atoms with Crippen molar-refractivity contribution in [1.82, 2.24) is 4.90 Å². The lowest BCUT2D eigenvalue weighted by atomic mass is 9.88. The summed E-state index contributed by atoms with van der Waals surface area (Å²) in [5, 5.41) is 20.9. The van der Waals surface area contributed by atoms with Crippen molar-refractivity contribution in [2.24, 2.45) is 23.7 Å². The van der Waals surface area contributed by atoms with Gasteiger partial charge in [-0.1, -0.05) is 69.1 Å². The van der Waals surface area contributed by atoms with E-state index in [2.05, 4.69) is 38.2 Å². The number of fused-ring (bicyclic) bond motifs is 1. The van der Waals surface area contributed by atoms with Crippen LogP contribution in [0.2, 0.25) is 0 Å². The Morgan fingerprint density at radius 3 is 2.83 bits per heavy atom. The highest BCUT2D eigenvalue weighted by Crippen LogP contribution is 2.47. The molecule has 0 unspecified atom stereocenters. The lowest BCUT2D eigenvalue weighted by Gasteiger charge is -2.19. The monoisotopic (exact) mass is 403 g/mol. The van der Waals surface area contributed by atoms with E-state index in [4.69, 9.17) is 0 Å². The van der Waals surface area contributed by atoms with Gasteiger partial charge in [-0.15, -0.1) is 0 Å². The third-order valence-electron chi connectivity index (χ3n) is 6.51. The van der Waals surface area contributed by atoms with Crippen LogP contribution in [-0.2, 0) is 4.79 Å². The van der Waals surface area contributed by atoms with Crippen molar-refractivity contribution in [1.29, 1.82) is 0 Å². The van der Waals surface area contributed by atoms with Crippen LogP contribution >= 0.6 is 0 Å². The largest absolute Gasteiger partial charge is 0.392 e. The molecule has 0 aromatic heterocycles. The highest BCUT2D eigenvalue weighted by Gasteiger charge is 2.42. The molecule has 0 aromatic rings. The molecule has 4 nitrogen and oxygen atoms in total. The van der Waals surface area contributed by atoms with Crippen LogP contribution in [0.5, 0.6) is 0 Å². The summed E-state index contributed by atoms with van der Waals surface area (Å²) in [4.78, 5) is 13.3. The Kier molecular flexibility index (Phi) is 9.64. The van der Waals surface area contributed by atoms with E-state index in [9.17, 15) is 15.0 Å². The van der Waals surface area contributed by atoms with Crippen LogP contribution in [-0.4, -0.2) is 47.3 Å². The average Bonchev–Trinajstić information content (AvgIpc) is 3.17. The Morgan fingerprint density at radius 2 is 2.14 bits per heavy atom. The van der Waals surface area contributed by atoms with E-state index >= 15 is 0 Å². The summed E-state index contributed by atoms with van der Waals surface area (Å²) in [6, 6.07) is 0. The summed E-state index contributed by atoms with van der Waals surface area (Å²) < 4.78 is 0. The second kappa shape index (κ2) is 11.7. The highest BCUT2D eigenvalue weighted by atomic mass is 16.3. The molecule has 0 aromatic carbocycles. The predicted molar refractivity (Wildman–Crippen MR) is 119 cm³/mol. The number of unbranched alkanes of at least 4 members (excludes halogenated alkanes) is 1. The number of amides is 1. The number of aliphatic hydroxyl groups is 2. The average molecular weight is 404 g/mol. The maximum atomic E-state index is 11.6. The normalized spacial score (nSPS) is 28.7. The van der Waals surface area contributed by atoms with E-state index < -0.39 is 6.10 Å². The Bertz CT molecular complexity index is 607. The zero-order valence-corrected chi connectivity index (χ0v) is 18.8. The molecule has 6 atom stereocenters. The zero-order valence-electron chi connectivity index (χ0n) is 18.8. The standard InChI is InChI=1S/C25H41NO3/c1-5-6-9-18(2)14-21(27)12-13-22-23-16-19(15-20(23)17-24(22)28)10-7-8-11-25(29)26(3)4/h7,10,12-13,15,18,20-24,27-28H,5-6,8-9,11,14,16-17H2,1-4H3/b10-7+,13-12+/t18-,20-,21+,22+,23-,24+/m0/s1. The summed E-state index contributed by atoms with van der Waals surface area (Å²) >= 11 is 0. The van der Waals surface area contributed by atoms with Gasteiger partial charge in [0.2, 0.25) is 5.91 Å². The summed E-state index contributed by atoms with van der Waals surface area (Å²) in [7, 11) is 3.57. The van der Waals surface area contributed by atoms with Gasteiger partial charge in [-0.25, -0.2) is 0 Å². The first kappa shape index (κ1) is 23.9. The molecular weight excluding hydrogens is 362 g/mol. The summed E-state index contributed by atoms with van der Waals surface area (Å²) in [5.74, 6) is 1.65. The van der Waals surface area contributed by atoms with Crippen LogP contribution in [0.4, 0.5) is 0 Å². The van der Waals surface area contributed by atoms with Gasteiger partial charge in [-0.3, -0.25) is 4.79 Å². The number of allylic oxidation sites excluding steroid dienone is 4. The topological polar surface area (TPSA) is 60.8 Å². The lowest BCUT2D eigenvalue weighted by Crippen LogP contribution is -2.20. The molecule has 4 heteroatoms. The SMILES string of the molecule is CCCC[C@H](C)C[C@H](O)/C=C/[C@@H]1[C@H]2CC(/C=C/CCC(=O)N(C)C)=C[C@H]2C[C@H]1O. The summed E-state index contributed by atoms with van der Waals surface area (Å²) in [6.07, 6.45) is 17.3. The number of aliphatic hydroxyl groups excluding tert-OH is 2. The fraction of sp³-hybridized carbons (Fsp3) is 0.720. The highest BCUT2D eigenvalue weighted by molar-refractivity contribution is 5.75. The molecule has 0 spiro atoms. The van der Waals surface area contributed by atoms with Gasteiger partial charge in [-0.05, 0) is 43.4 Å². The first-order valence-corrected chi connectivity index (χ1v) is 11.4. The molecule has 0 aliphatic heterocycles.